The molecule has 0 radical (unpaired) electrons. The van der Waals surface area contributed by atoms with Gasteiger partial charge in [0.1, 0.15) is 17.2 Å². The van der Waals surface area contributed by atoms with E-state index in [1.807, 2.05) is 60.0 Å². The maximum Gasteiger partial charge on any atom is 0.139 e. The van der Waals surface area contributed by atoms with Crippen LogP contribution in [0.25, 0.3) is 16.9 Å². The van der Waals surface area contributed by atoms with Gasteiger partial charge in [-0.05, 0) is 24.6 Å². The molecule has 2 N–H and O–H groups in total. The van der Waals surface area contributed by atoms with E-state index in [0.29, 0.717) is 5.82 Å². The molecule has 0 bridgehead atoms. The van der Waals surface area contributed by atoms with E-state index in [0.717, 1.165) is 16.9 Å². The second-order valence-electron chi connectivity index (χ2n) is 4.14. The molecule has 3 nitrogen and oxygen atoms in total. The van der Waals surface area contributed by atoms with Gasteiger partial charge in [0.05, 0.1) is 0 Å². The molecule has 1 aromatic carbocycles. The molecule has 0 amide bonds. The van der Waals surface area contributed by atoms with E-state index in [1.54, 1.807) is 0 Å². The van der Waals surface area contributed by atoms with Crippen LogP contribution >= 0.6 is 24.8 Å². The molecule has 0 unspecified atom stereocenters. The average Bonchev–Trinajstić information content (AvgIpc) is 2.67. The molecule has 0 atom stereocenters. The van der Waals surface area contributed by atoms with Crippen LogP contribution in [-0.4, -0.2) is 9.38 Å². The van der Waals surface area contributed by atoms with E-state index in [9.17, 15) is 0 Å². The van der Waals surface area contributed by atoms with E-state index in [4.69, 9.17) is 5.73 Å². The van der Waals surface area contributed by atoms with E-state index in [1.165, 1.54) is 5.56 Å². The van der Waals surface area contributed by atoms with Crippen LogP contribution in [0.2, 0.25) is 0 Å². The van der Waals surface area contributed by atoms with E-state index in [2.05, 4.69) is 4.98 Å². The van der Waals surface area contributed by atoms with E-state index in [-0.39, 0.29) is 24.8 Å². The molecule has 100 valence electrons. The number of hydrogen-bond acceptors (Lipinski definition) is 2. The molecule has 0 aliphatic heterocycles. The van der Waals surface area contributed by atoms with Gasteiger partial charge in [-0.15, -0.1) is 24.8 Å². The van der Waals surface area contributed by atoms with Gasteiger partial charge in [0.15, 0.2) is 0 Å². The fourth-order valence-electron chi connectivity index (χ4n) is 1.97. The quantitative estimate of drug-likeness (QED) is 0.743. The highest BCUT2D eigenvalue weighted by molar-refractivity contribution is 5.85. The lowest BCUT2D eigenvalue weighted by Gasteiger charge is -1.98. The Morgan fingerprint density at radius 1 is 1.05 bits per heavy atom. The average molecular weight is 296 g/mol. The van der Waals surface area contributed by atoms with Crippen molar-refractivity contribution >= 4 is 36.3 Å². The van der Waals surface area contributed by atoms with Gasteiger partial charge in [0, 0.05) is 11.8 Å². The zero-order valence-corrected chi connectivity index (χ0v) is 12.0. The van der Waals surface area contributed by atoms with Crippen molar-refractivity contribution in [2.24, 2.45) is 0 Å². The zero-order chi connectivity index (χ0) is 11.8. The van der Waals surface area contributed by atoms with Gasteiger partial charge in [-0.3, -0.25) is 4.40 Å². The van der Waals surface area contributed by atoms with Crippen molar-refractivity contribution in [1.82, 2.24) is 9.38 Å². The van der Waals surface area contributed by atoms with Crippen molar-refractivity contribution < 1.29 is 0 Å². The van der Waals surface area contributed by atoms with Crippen molar-refractivity contribution in [2.45, 2.75) is 6.92 Å². The molecule has 2 aromatic heterocycles. The summed E-state index contributed by atoms with van der Waals surface area (Å²) < 4.78 is 1.91. The highest BCUT2D eigenvalue weighted by Crippen LogP contribution is 2.26. The first-order chi connectivity index (χ1) is 8.25. The number of fused-ring (bicyclic) bond motifs is 1. The summed E-state index contributed by atoms with van der Waals surface area (Å²) in [5.41, 5.74) is 10.1. The molecule has 0 aliphatic rings. The SMILES string of the molecule is Cc1ccn2c(N)c(-c3ccccc3)nc2c1.Cl.Cl. The Morgan fingerprint density at radius 2 is 1.74 bits per heavy atom. The molecular formula is C14H15Cl2N3. The number of aromatic nitrogens is 2. The normalized spacial score (nSPS) is 9.74. The Hall–Kier alpha value is -1.71. The molecule has 19 heavy (non-hydrogen) atoms. The van der Waals surface area contributed by atoms with Gasteiger partial charge in [0.25, 0.3) is 0 Å². The summed E-state index contributed by atoms with van der Waals surface area (Å²) >= 11 is 0. The third kappa shape index (κ3) is 2.67. The van der Waals surface area contributed by atoms with Crippen molar-refractivity contribution in [1.29, 1.82) is 0 Å². The lowest BCUT2D eigenvalue weighted by molar-refractivity contribution is 1.18. The maximum absolute atomic E-state index is 6.12. The van der Waals surface area contributed by atoms with Gasteiger partial charge >= 0.3 is 0 Å². The van der Waals surface area contributed by atoms with E-state index >= 15 is 0 Å². The number of imidazole rings is 1. The highest BCUT2D eigenvalue weighted by atomic mass is 35.5. The molecule has 0 fully saturated rings. The Balaban J connectivity index is 0.000000902. The van der Waals surface area contributed by atoms with Gasteiger partial charge in [-0.2, -0.15) is 0 Å². The predicted molar refractivity (Wildman–Crippen MR) is 84.3 cm³/mol. The standard InChI is InChI=1S/C14H13N3.2ClH/c1-10-7-8-17-12(9-10)16-13(14(17)15)11-5-3-2-4-6-11;;/h2-9H,15H2,1H3;2*1H. The number of benzene rings is 1. The minimum absolute atomic E-state index is 0. The minimum Gasteiger partial charge on any atom is -0.383 e. The summed E-state index contributed by atoms with van der Waals surface area (Å²) in [6.45, 7) is 2.05. The van der Waals surface area contributed by atoms with E-state index < -0.39 is 0 Å². The number of aryl methyl sites for hydroxylation is 1. The number of nitrogen functional groups attached to an aromatic ring is 1. The smallest absolute Gasteiger partial charge is 0.139 e. The van der Waals surface area contributed by atoms with Crippen molar-refractivity contribution in [3.63, 3.8) is 0 Å². The van der Waals surface area contributed by atoms with Gasteiger partial charge in [0.2, 0.25) is 0 Å². The first-order valence-corrected chi connectivity index (χ1v) is 5.55. The zero-order valence-electron chi connectivity index (χ0n) is 10.4. The lowest BCUT2D eigenvalue weighted by atomic mass is 10.1. The van der Waals surface area contributed by atoms with Gasteiger partial charge in [-0.1, -0.05) is 30.3 Å². The number of halogens is 2. The molecule has 3 aromatic rings. The Labute approximate surface area is 124 Å². The minimum atomic E-state index is 0. The van der Waals surface area contributed by atoms with Crippen LogP contribution < -0.4 is 5.73 Å². The molecule has 0 aliphatic carbocycles. The van der Waals surface area contributed by atoms with Crippen LogP contribution in [0.15, 0.2) is 48.7 Å². The van der Waals surface area contributed by atoms with Crippen LogP contribution in [0, 0.1) is 6.92 Å². The molecule has 2 heterocycles. The second-order valence-corrected chi connectivity index (χ2v) is 4.14. The highest BCUT2D eigenvalue weighted by Gasteiger charge is 2.10. The lowest BCUT2D eigenvalue weighted by Crippen LogP contribution is -1.93. The fourth-order valence-corrected chi connectivity index (χ4v) is 1.97. The fraction of sp³-hybridized carbons (Fsp3) is 0.0714. The van der Waals surface area contributed by atoms with Crippen LogP contribution in [-0.2, 0) is 0 Å². The monoisotopic (exact) mass is 295 g/mol. The molecule has 0 saturated carbocycles. The third-order valence-corrected chi connectivity index (χ3v) is 2.87. The maximum atomic E-state index is 6.12. The second kappa shape index (κ2) is 5.95. The summed E-state index contributed by atoms with van der Waals surface area (Å²) in [7, 11) is 0. The Morgan fingerprint density at radius 3 is 2.42 bits per heavy atom. The Kier molecular flexibility index (Phi) is 4.81. The topological polar surface area (TPSA) is 43.3 Å². The van der Waals surface area contributed by atoms with Crippen LogP contribution in [0.3, 0.4) is 0 Å². The summed E-state index contributed by atoms with van der Waals surface area (Å²) in [4.78, 5) is 4.58. The molecule has 0 spiro atoms. The van der Waals surface area contributed by atoms with Crippen molar-refractivity contribution in [3.05, 3.63) is 54.2 Å². The largest absolute Gasteiger partial charge is 0.383 e. The van der Waals surface area contributed by atoms with Crippen molar-refractivity contribution in [2.75, 3.05) is 5.73 Å². The van der Waals surface area contributed by atoms with Crippen LogP contribution in [0.4, 0.5) is 5.82 Å². The number of hydrogen-bond donors (Lipinski definition) is 1. The predicted octanol–water partition coefficient (Wildman–Crippen LogP) is 3.74. The third-order valence-electron chi connectivity index (χ3n) is 2.87. The number of rotatable bonds is 1. The summed E-state index contributed by atoms with van der Waals surface area (Å²) in [6, 6.07) is 14.1. The number of nitrogens with two attached hydrogens (primary N) is 1. The van der Waals surface area contributed by atoms with Gasteiger partial charge in [-0.25, -0.2) is 4.98 Å². The number of anilines is 1. The summed E-state index contributed by atoms with van der Waals surface area (Å²) in [5, 5.41) is 0. The number of nitrogens with zero attached hydrogens (tertiary/aromatic N) is 2. The number of pyridine rings is 1. The first-order valence-electron chi connectivity index (χ1n) is 5.55. The molecule has 0 saturated heterocycles. The van der Waals surface area contributed by atoms with Crippen LogP contribution in [0.5, 0.6) is 0 Å². The molecule has 3 rings (SSSR count). The molecule has 5 heteroatoms. The summed E-state index contributed by atoms with van der Waals surface area (Å²) in [6.07, 6.45) is 1.96. The first kappa shape index (κ1) is 15.3. The van der Waals surface area contributed by atoms with Crippen molar-refractivity contribution in [3.8, 4) is 11.3 Å². The van der Waals surface area contributed by atoms with Crippen LogP contribution in [0.1, 0.15) is 5.56 Å². The molecular weight excluding hydrogens is 281 g/mol. The Bertz CT molecular complexity index is 678. The van der Waals surface area contributed by atoms with Gasteiger partial charge < -0.3 is 5.73 Å². The summed E-state index contributed by atoms with van der Waals surface area (Å²) in [5.74, 6) is 0.686.